The molecular formula is C25H41N3O3S. The van der Waals surface area contributed by atoms with Gasteiger partial charge in [0.15, 0.2) is 9.84 Å². The van der Waals surface area contributed by atoms with Crippen LogP contribution in [-0.2, 0) is 14.6 Å². The van der Waals surface area contributed by atoms with E-state index in [1.165, 1.54) is 38.4 Å². The van der Waals surface area contributed by atoms with Crippen LogP contribution in [0.1, 0.15) is 76.2 Å². The minimum Gasteiger partial charge on any atom is -0.353 e. The third-order valence-electron chi connectivity index (χ3n) is 7.40. The largest absolute Gasteiger partial charge is 0.353 e. The Kier molecular flexibility index (Phi) is 9.14. The molecule has 0 spiro atoms. The van der Waals surface area contributed by atoms with Crippen molar-refractivity contribution in [2.75, 3.05) is 25.9 Å². The van der Waals surface area contributed by atoms with E-state index in [-0.39, 0.29) is 22.8 Å². The number of carbonyl (C=O) groups is 1. The van der Waals surface area contributed by atoms with Crippen LogP contribution in [0.3, 0.4) is 0 Å². The molecule has 1 aromatic rings. The van der Waals surface area contributed by atoms with E-state index in [4.69, 9.17) is 5.73 Å². The molecule has 180 valence electrons. The number of hydrogen-bond acceptors (Lipinski definition) is 5. The fourth-order valence-corrected chi connectivity index (χ4v) is 5.88. The number of piperidine rings is 1. The summed E-state index contributed by atoms with van der Waals surface area (Å²) in [6.45, 7) is 5.06. The van der Waals surface area contributed by atoms with Gasteiger partial charge in [0.05, 0.1) is 10.8 Å². The van der Waals surface area contributed by atoms with Gasteiger partial charge in [0.2, 0.25) is 5.91 Å². The monoisotopic (exact) mass is 463 g/mol. The molecule has 1 amide bonds. The van der Waals surface area contributed by atoms with E-state index in [0.717, 1.165) is 44.5 Å². The van der Waals surface area contributed by atoms with E-state index in [1.54, 1.807) is 24.3 Å². The van der Waals surface area contributed by atoms with Crippen LogP contribution in [0.2, 0.25) is 0 Å². The maximum absolute atomic E-state index is 12.9. The minimum atomic E-state index is -3.23. The molecule has 1 aromatic carbocycles. The Morgan fingerprint density at radius 3 is 2.28 bits per heavy atom. The van der Waals surface area contributed by atoms with E-state index >= 15 is 0 Å². The lowest BCUT2D eigenvalue weighted by Crippen LogP contribution is -2.47. The molecule has 7 heteroatoms. The molecule has 1 heterocycles. The summed E-state index contributed by atoms with van der Waals surface area (Å²) in [5, 5.41) is 3.24. The standard InChI is InChI=1S/C25H41N3O3S/c1-3-23(19-9-11-22(12-10-19)32(2,30)31)25(29)27-21-13-16-28(17-14-21)18-15-24(26)20-7-5-4-6-8-20/h9-12,20-21,23-24H,3-8,13-18,26H2,1-2H3,(H,27,29). The van der Waals surface area contributed by atoms with Crippen molar-refractivity contribution in [1.29, 1.82) is 0 Å². The van der Waals surface area contributed by atoms with Crippen molar-refractivity contribution in [3.8, 4) is 0 Å². The first-order chi connectivity index (χ1) is 15.3. The summed E-state index contributed by atoms with van der Waals surface area (Å²) in [6, 6.07) is 7.25. The maximum atomic E-state index is 12.9. The van der Waals surface area contributed by atoms with Gasteiger partial charge < -0.3 is 16.0 Å². The molecule has 6 nitrogen and oxygen atoms in total. The quantitative estimate of drug-likeness (QED) is 0.585. The van der Waals surface area contributed by atoms with Crippen LogP contribution in [0.4, 0.5) is 0 Å². The summed E-state index contributed by atoms with van der Waals surface area (Å²) < 4.78 is 23.4. The second-order valence-electron chi connectivity index (χ2n) is 9.78. The van der Waals surface area contributed by atoms with Crippen molar-refractivity contribution in [3.05, 3.63) is 29.8 Å². The number of likely N-dealkylation sites (tertiary alicyclic amines) is 1. The Balaban J connectivity index is 1.43. The van der Waals surface area contributed by atoms with Crippen LogP contribution in [0.25, 0.3) is 0 Å². The fourth-order valence-electron chi connectivity index (χ4n) is 5.25. The van der Waals surface area contributed by atoms with Crippen LogP contribution < -0.4 is 11.1 Å². The molecule has 32 heavy (non-hydrogen) atoms. The number of rotatable bonds is 9. The predicted molar refractivity (Wildman–Crippen MR) is 129 cm³/mol. The van der Waals surface area contributed by atoms with Gasteiger partial charge in [0, 0.05) is 31.4 Å². The molecule has 0 aromatic heterocycles. The van der Waals surface area contributed by atoms with E-state index in [9.17, 15) is 13.2 Å². The SMILES string of the molecule is CCC(C(=O)NC1CCN(CCC(N)C2CCCCC2)CC1)c1ccc(S(C)(=O)=O)cc1. The van der Waals surface area contributed by atoms with Gasteiger partial charge in [-0.2, -0.15) is 0 Å². The molecule has 1 aliphatic heterocycles. The van der Waals surface area contributed by atoms with Crippen molar-refractivity contribution >= 4 is 15.7 Å². The third-order valence-corrected chi connectivity index (χ3v) is 8.53. The Labute approximate surface area is 194 Å². The Morgan fingerprint density at radius 1 is 1.09 bits per heavy atom. The number of benzene rings is 1. The molecule has 1 saturated heterocycles. The van der Waals surface area contributed by atoms with Crippen LogP contribution in [-0.4, -0.2) is 57.2 Å². The van der Waals surface area contributed by atoms with Gasteiger partial charge in [-0.3, -0.25) is 4.79 Å². The fraction of sp³-hybridized carbons (Fsp3) is 0.720. The molecule has 0 bridgehead atoms. The molecule has 1 aliphatic carbocycles. The van der Waals surface area contributed by atoms with Crippen molar-refractivity contribution < 1.29 is 13.2 Å². The summed E-state index contributed by atoms with van der Waals surface area (Å²) in [6.07, 6.45) is 11.5. The maximum Gasteiger partial charge on any atom is 0.227 e. The van der Waals surface area contributed by atoms with Gasteiger partial charge in [0.25, 0.3) is 0 Å². The Morgan fingerprint density at radius 2 is 1.72 bits per heavy atom. The number of nitrogens with one attached hydrogen (secondary N) is 1. The number of carbonyl (C=O) groups excluding carboxylic acids is 1. The second-order valence-corrected chi connectivity index (χ2v) is 11.8. The lowest BCUT2D eigenvalue weighted by molar-refractivity contribution is -0.123. The summed E-state index contributed by atoms with van der Waals surface area (Å²) >= 11 is 0. The average Bonchev–Trinajstić information content (AvgIpc) is 2.79. The normalized spacial score (nSPS) is 21.2. The minimum absolute atomic E-state index is 0.0392. The third kappa shape index (κ3) is 7.03. The van der Waals surface area contributed by atoms with Crippen LogP contribution in [0.5, 0.6) is 0 Å². The lowest BCUT2D eigenvalue weighted by Gasteiger charge is -2.34. The highest BCUT2D eigenvalue weighted by atomic mass is 32.2. The van der Waals surface area contributed by atoms with Gasteiger partial charge in [-0.1, -0.05) is 38.3 Å². The summed E-state index contributed by atoms with van der Waals surface area (Å²) in [7, 11) is -3.23. The first-order valence-corrected chi connectivity index (χ1v) is 14.3. The molecule has 2 fully saturated rings. The number of sulfone groups is 1. The molecule has 3 rings (SSSR count). The molecule has 2 unspecified atom stereocenters. The van der Waals surface area contributed by atoms with Gasteiger partial charge in [-0.15, -0.1) is 0 Å². The van der Waals surface area contributed by atoms with Crippen molar-refractivity contribution in [3.63, 3.8) is 0 Å². The van der Waals surface area contributed by atoms with Gasteiger partial charge in [-0.25, -0.2) is 8.42 Å². The van der Waals surface area contributed by atoms with Crippen LogP contribution in [0.15, 0.2) is 29.2 Å². The van der Waals surface area contributed by atoms with E-state index in [1.807, 2.05) is 6.92 Å². The molecular weight excluding hydrogens is 422 g/mol. The summed E-state index contributed by atoms with van der Waals surface area (Å²) in [5.41, 5.74) is 7.35. The molecule has 1 saturated carbocycles. The highest BCUT2D eigenvalue weighted by Gasteiger charge is 2.26. The molecule has 3 N–H and O–H groups in total. The van der Waals surface area contributed by atoms with Crippen molar-refractivity contribution in [1.82, 2.24) is 10.2 Å². The van der Waals surface area contributed by atoms with E-state index in [0.29, 0.717) is 18.4 Å². The smallest absolute Gasteiger partial charge is 0.227 e. The van der Waals surface area contributed by atoms with Gasteiger partial charge >= 0.3 is 0 Å². The Hall–Kier alpha value is -1.44. The number of hydrogen-bond donors (Lipinski definition) is 2. The lowest BCUT2D eigenvalue weighted by atomic mass is 9.83. The zero-order chi connectivity index (χ0) is 23.1. The highest BCUT2D eigenvalue weighted by molar-refractivity contribution is 7.90. The zero-order valence-corrected chi connectivity index (χ0v) is 20.6. The topological polar surface area (TPSA) is 92.5 Å². The molecule has 2 atom stereocenters. The Bertz CT molecular complexity index is 826. The van der Waals surface area contributed by atoms with E-state index in [2.05, 4.69) is 10.2 Å². The molecule has 2 aliphatic rings. The highest BCUT2D eigenvalue weighted by Crippen LogP contribution is 2.27. The summed E-state index contributed by atoms with van der Waals surface area (Å²) in [4.78, 5) is 15.7. The summed E-state index contributed by atoms with van der Waals surface area (Å²) in [5.74, 6) is 0.491. The van der Waals surface area contributed by atoms with E-state index < -0.39 is 9.84 Å². The molecule has 0 radical (unpaired) electrons. The number of amides is 1. The van der Waals surface area contributed by atoms with Gasteiger partial charge in [0.1, 0.15) is 0 Å². The predicted octanol–water partition coefficient (Wildman–Crippen LogP) is 3.46. The van der Waals surface area contributed by atoms with Crippen LogP contribution >= 0.6 is 0 Å². The first kappa shape index (κ1) is 25.2. The zero-order valence-electron chi connectivity index (χ0n) is 19.8. The van der Waals surface area contributed by atoms with Crippen molar-refractivity contribution in [2.45, 2.75) is 87.6 Å². The first-order valence-electron chi connectivity index (χ1n) is 12.4. The van der Waals surface area contributed by atoms with Crippen molar-refractivity contribution in [2.24, 2.45) is 11.7 Å². The number of nitrogens with zero attached hydrogens (tertiary/aromatic N) is 1. The van der Waals surface area contributed by atoms with Gasteiger partial charge in [-0.05, 0) is 68.7 Å². The average molecular weight is 464 g/mol. The number of nitrogens with two attached hydrogens (primary N) is 1. The van der Waals surface area contributed by atoms with Crippen LogP contribution in [0, 0.1) is 5.92 Å². The second kappa shape index (κ2) is 11.6.